The Morgan fingerprint density at radius 2 is 1.25 bits per heavy atom. The number of hydrogen-bond acceptors (Lipinski definition) is 4. The molecule has 0 aliphatic carbocycles. The van der Waals surface area contributed by atoms with Crippen molar-refractivity contribution in [1.82, 2.24) is 10.1 Å². The predicted molar refractivity (Wildman–Crippen MR) is 31.4 cm³/mol. The molecular weight excluding hydrogens is 183 g/mol. The largest absolute Gasteiger partial charge is 0.673 e. The summed E-state index contributed by atoms with van der Waals surface area (Å²) < 4.78 is 39.0. The lowest BCUT2D eigenvalue weighted by atomic mass is 10.3. The maximum Gasteiger partial charge on any atom is 0.673 e. The van der Waals surface area contributed by atoms with Gasteiger partial charge in [0.25, 0.3) is 0 Å². The highest BCUT2D eigenvalue weighted by Crippen LogP contribution is 2.06. The van der Waals surface area contributed by atoms with Crippen molar-refractivity contribution in [1.29, 1.82) is 0 Å². The molecule has 0 atom stereocenters. The van der Waals surface area contributed by atoms with Crippen LogP contribution in [0.25, 0.3) is 0 Å². The zero-order valence-electron chi connectivity index (χ0n) is 5.74. The van der Waals surface area contributed by atoms with E-state index in [4.69, 9.17) is 10.4 Å². The highest BCUT2D eigenvalue weighted by atomic mass is 19.5. The first kappa shape index (κ1) is 11.0. The summed E-state index contributed by atoms with van der Waals surface area (Å²) in [6.07, 6.45) is 2.72. The van der Waals surface area contributed by atoms with Gasteiger partial charge in [0.05, 0.1) is 0 Å². The van der Waals surface area contributed by atoms with Gasteiger partial charge in [-0.15, -0.1) is 0 Å². The van der Waals surface area contributed by atoms with Crippen LogP contribution in [0, 0.1) is 0 Å². The minimum Gasteiger partial charge on any atom is -0.418 e. The molecule has 4 nitrogen and oxygen atoms in total. The molecule has 0 amide bonds. The lowest BCUT2D eigenvalue weighted by Gasteiger charge is -2.06. The summed E-state index contributed by atoms with van der Waals surface area (Å²) in [4.78, 5) is 0. The molecule has 0 aromatic heterocycles. The molecule has 0 saturated heterocycles. The minimum atomic E-state index is -6.00. The summed E-state index contributed by atoms with van der Waals surface area (Å²) in [5.41, 5.74) is 0. The molecule has 2 N–H and O–H groups in total. The van der Waals surface area contributed by atoms with Gasteiger partial charge in [-0.2, -0.15) is 0 Å². The second-order valence-corrected chi connectivity index (χ2v) is 1.81. The summed E-state index contributed by atoms with van der Waals surface area (Å²) in [7, 11) is -6.00. The average Bonchev–Trinajstić information content (AvgIpc) is 2.09. The van der Waals surface area contributed by atoms with E-state index in [0.29, 0.717) is 0 Å². The van der Waals surface area contributed by atoms with E-state index in [0.717, 1.165) is 10.1 Å². The van der Waals surface area contributed by atoms with Crippen LogP contribution in [-0.2, 0) is 0 Å². The molecular formula is C3H6BF4N2O2-. The standard InChI is InChI=1S/C3H6N2O2.BF4/c6-4-1-2-5(7)3-4;2-1(3,4)5/h1-2,6-7H,3H2;/q;-1. The summed E-state index contributed by atoms with van der Waals surface area (Å²) in [6, 6.07) is 0. The lowest BCUT2D eigenvalue weighted by molar-refractivity contribution is -0.130. The molecule has 0 bridgehead atoms. The van der Waals surface area contributed by atoms with E-state index in [9.17, 15) is 17.3 Å². The van der Waals surface area contributed by atoms with Crippen molar-refractivity contribution in [2.45, 2.75) is 0 Å². The zero-order valence-corrected chi connectivity index (χ0v) is 5.74. The molecule has 1 rings (SSSR count). The molecule has 0 saturated carbocycles. The monoisotopic (exact) mass is 189 g/mol. The van der Waals surface area contributed by atoms with Crippen molar-refractivity contribution in [2.75, 3.05) is 6.67 Å². The number of hydroxylamine groups is 4. The molecule has 0 radical (unpaired) electrons. The summed E-state index contributed by atoms with van der Waals surface area (Å²) in [5.74, 6) is 0. The van der Waals surface area contributed by atoms with Crippen LogP contribution in [0.4, 0.5) is 17.3 Å². The third kappa shape index (κ3) is 9.04. The van der Waals surface area contributed by atoms with Crippen molar-refractivity contribution < 1.29 is 27.7 Å². The van der Waals surface area contributed by atoms with Gasteiger partial charge >= 0.3 is 7.25 Å². The fraction of sp³-hybridized carbons (Fsp3) is 0.333. The molecule has 9 heteroatoms. The van der Waals surface area contributed by atoms with E-state index >= 15 is 0 Å². The van der Waals surface area contributed by atoms with E-state index in [1.165, 1.54) is 12.4 Å². The minimum absolute atomic E-state index is 0.139. The first-order valence-corrected chi connectivity index (χ1v) is 2.76. The van der Waals surface area contributed by atoms with E-state index in [1.54, 1.807) is 0 Å². The van der Waals surface area contributed by atoms with Crippen molar-refractivity contribution in [2.24, 2.45) is 0 Å². The topological polar surface area (TPSA) is 46.9 Å². The number of rotatable bonds is 0. The Bertz CT molecular complexity index is 147. The summed E-state index contributed by atoms with van der Waals surface area (Å²) in [6.45, 7) is 0.139. The van der Waals surface area contributed by atoms with Gasteiger partial charge < -0.3 is 17.3 Å². The SMILES string of the molecule is F[B-](F)(F)F.ON1C=CN(O)C1. The van der Waals surface area contributed by atoms with Crippen LogP contribution in [0.3, 0.4) is 0 Å². The van der Waals surface area contributed by atoms with Crippen LogP contribution in [-0.4, -0.2) is 34.5 Å². The fourth-order valence-electron chi connectivity index (χ4n) is 0.397. The predicted octanol–water partition coefficient (Wildman–Crippen LogP) is 1.11. The highest BCUT2D eigenvalue weighted by Gasteiger charge is 2.20. The number of nitrogens with zero attached hydrogens (tertiary/aromatic N) is 2. The fourth-order valence-corrected chi connectivity index (χ4v) is 0.397. The Labute approximate surface area is 65.3 Å². The molecule has 1 heterocycles. The van der Waals surface area contributed by atoms with Gasteiger partial charge in [0, 0.05) is 12.4 Å². The van der Waals surface area contributed by atoms with E-state index < -0.39 is 7.25 Å². The van der Waals surface area contributed by atoms with Crippen LogP contribution >= 0.6 is 0 Å². The quantitative estimate of drug-likeness (QED) is 0.442. The van der Waals surface area contributed by atoms with Gasteiger partial charge in [-0.3, -0.25) is 10.4 Å². The van der Waals surface area contributed by atoms with Gasteiger partial charge in [-0.1, -0.05) is 0 Å². The van der Waals surface area contributed by atoms with E-state index in [-0.39, 0.29) is 6.67 Å². The molecule has 1 aliphatic heterocycles. The molecule has 12 heavy (non-hydrogen) atoms. The third-order valence-corrected chi connectivity index (χ3v) is 0.701. The molecule has 1 aliphatic rings. The smallest absolute Gasteiger partial charge is 0.418 e. The number of halogens is 4. The van der Waals surface area contributed by atoms with Crippen molar-refractivity contribution in [3.05, 3.63) is 12.4 Å². The van der Waals surface area contributed by atoms with Crippen molar-refractivity contribution in [3.8, 4) is 0 Å². The second-order valence-electron chi connectivity index (χ2n) is 1.81. The number of hydrogen-bond donors (Lipinski definition) is 2. The Morgan fingerprint density at radius 3 is 1.33 bits per heavy atom. The van der Waals surface area contributed by atoms with Crippen molar-refractivity contribution >= 4 is 7.25 Å². The Balaban J connectivity index is 0.000000217. The van der Waals surface area contributed by atoms with Crippen LogP contribution < -0.4 is 0 Å². The molecule has 0 fully saturated rings. The lowest BCUT2D eigenvalue weighted by Crippen LogP contribution is -2.18. The van der Waals surface area contributed by atoms with Gasteiger partial charge in [0.15, 0.2) is 0 Å². The Morgan fingerprint density at radius 1 is 1.00 bits per heavy atom. The van der Waals surface area contributed by atoms with E-state index in [2.05, 4.69) is 0 Å². The third-order valence-electron chi connectivity index (χ3n) is 0.701. The highest BCUT2D eigenvalue weighted by molar-refractivity contribution is 6.50. The Kier molecular flexibility index (Phi) is 3.83. The zero-order chi connectivity index (χ0) is 9.78. The van der Waals surface area contributed by atoms with Gasteiger partial charge in [0.2, 0.25) is 0 Å². The summed E-state index contributed by atoms with van der Waals surface area (Å²) >= 11 is 0. The van der Waals surface area contributed by atoms with Gasteiger partial charge in [-0.25, -0.2) is 10.1 Å². The van der Waals surface area contributed by atoms with Crippen LogP contribution in [0.5, 0.6) is 0 Å². The van der Waals surface area contributed by atoms with E-state index in [1.807, 2.05) is 0 Å². The first-order chi connectivity index (χ1) is 5.29. The average molecular weight is 189 g/mol. The van der Waals surface area contributed by atoms with Crippen molar-refractivity contribution in [3.63, 3.8) is 0 Å². The molecule has 0 unspecified atom stereocenters. The Hall–Kier alpha value is -0.955. The first-order valence-electron chi connectivity index (χ1n) is 2.76. The molecule has 0 aromatic rings. The van der Waals surface area contributed by atoms with Crippen LogP contribution in [0.15, 0.2) is 12.4 Å². The van der Waals surface area contributed by atoms with Gasteiger partial charge in [-0.05, 0) is 0 Å². The molecule has 72 valence electrons. The van der Waals surface area contributed by atoms with Gasteiger partial charge in [0.1, 0.15) is 6.67 Å². The maximum atomic E-state index is 9.75. The summed E-state index contributed by atoms with van der Waals surface area (Å²) in [5, 5.41) is 18.6. The van der Waals surface area contributed by atoms with Crippen LogP contribution in [0.2, 0.25) is 0 Å². The molecule has 0 aromatic carbocycles. The van der Waals surface area contributed by atoms with Crippen LogP contribution in [0.1, 0.15) is 0 Å². The molecule has 0 spiro atoms. The second kappa shape index (κ2) is 4.17. The normalized spacial score (nSPS) is 16.2. The maximum absolute atomic E-state index is 9.75.